The number of aromatic nitrogens is 5. The molecule has 0 saturated carbocycles. The third-order valence-electron chi connectivity index (χ3n) is 11.0. The van der Waals surface area contributed by atoms with Crippen LogP contribution in [0.5, 0.6) is 5.75 Å². The molecule has 56 heavy (non-hydrogen) atoms. The lowest BCUT2D eigenvalue weighted by molar-refractivity contribution is 0.0686. The first kappa shape index (κ1) is 37.3. The minimum Gasteiger partial charge on any atom is -0.494 e. The van der Waals surface area contributed by atoms with Gasteiger partial charge in [-0.05, 0) is 113 Å². The van der Waals surface area contributed by atoms with Gasteiger partial charge in [-0.2, -0.15) is 5.10 Å². The van der Waals surface area contributed by atoms with Crippen molar-refractivity contribution in [3.8, 4) is 16.9 Å². The summed E-state index contributed by atoms with van der Waals surface area (Å²) in [7, 11) is 1.92. The first-order valence-electron chi connectivity index (χ1n) is 18.7. The van der Waals surface area contributed by atoms with Crippen LogP contribution in [0.1, 0.15) is 74.1 Å². The molecule has 12 heteroatoms. The second-order valence-electron chi connectivity index (χ2n) is 14.7. The van der Waals surface area contributed by atoms with E-state index in [1.54, 1.807) is 21.7 Å². The van der Waals surface area contributed by atoms with Crippen LogP contribution >= 0.6 is 23.2 Å². The fraction of sp³-hybridized carbons (Fsp3) is 0.273. The van der Waals surface area contributed by atoms with Gasteiger partial charge in [0.15, 0.2) is 0 Å². The highest BCUT2D eigenvalue weighted by molar-refractivity contribution is 6.35. The summed E-state index contributed by atoms with van der Waals surface area (Å²) in [6.07, 6.45) is 2.90. The number of carboxylic acids is 1. The number of anilines is 1. The van der Waals surface area contributed by atoms with E-state index in [9.17, 15) is 9.90 Å². The normalized spacial score (nSPS) is 14.2. The number of hydrogen-bond acceptors (Lipinski definition) is 5. The van der Waals surface area contributed by atoms with Gasteiger partial charge in [-0.15, -0.1) is 0 Å². The fourth-order valence-corrected chi connectivity index (χ4v) is 8.80. The zero-order valence-electron chi connectivity index (χ0n) is 32.2. The van der Waals surface area contributed by atoms with E-state index in [0.29, 0.717) is 53.3 Å². The van der Waals surface area contributed by atoms with Crippen molar-refractivity contribution in [1.29, 1.82) is 0 Å². The Labute approximate surface area is 334 Å². The number of rotatable bonds is 10. The van der Waals surface area contributed by atoms with E-state index >= 15 is 4.79 Å². The van der Waals surface area contributed by atoms with E-state index in [-0.39, 0.29) is 24.2 Å². The lowest BCUT2D eigenvalue weighted by atomic mass is 9.98. The standard InChI is InChI=1S/C44H42Cl2N6O4/c1-24-19-30(20-25(2)40(24)46)56-18-10-12-31-32-15-16-34(45)39(38-27(4)48-49(6)28(38)5)41(32)52-26(3)22-51(43(53)42(31)52)36-14-9-13-35-33(36)21-37(44(54)55)50(35)23-29-11-7-8-17-47-29/h7-9,11,13-17,19-21,26H,10,12,18,22-23H2,1-6H3,(H,54,55). The molecule has 1 aliphatic heterocycles. The molecule has 1 aliphatic rings. The van der Waals surface area contributed by atoms with E-state index in [1.165, 1.54) is 0 Å². The number of nitrogens with zero attached hydrogens (tertiary/aromatic N) is 6. The number of fused-ring (bicyclic) bond motifs is 4. The molecule has 7 aromatic rings. The number of ether oxygens (including phenoxy) is 1. The van der Waals surface area contributed by atoms with Crippen molar-refractivity contribution in [2.75, 3.05) is 18.1 Å². The molecule has 0 radical (unpaired) electrons. The molecule has 1 unspecified atom stereocenters. The van der Waals surface area contributed by atoms with Gasteiger partial charge in [0.05, 0.1) is 46.3 Å². The highest BCUT2D eigenvalue weighted by Crippen LogP contribution is 2.46. The van der Waals surface area contributed by atoms with E-state index in [2.05, 4.69) is 16.5 Å². The molecule has 4 aromatic heterocycles. The summed E-state index contributed by atoms with van der Waals surface area (Å²) >= 11 is 13.5. The van der Waals surface area contributed by atoms with Crippen LogP contribution in [0.2, 0.25) is 10.0 Å². The van der Waals surface area contributed by atoms with Crippen LogP contribution in [0.15, 0.2) is 72.9 Å². The molecule has 0 fully saturated rings. The molecule has 10 nitrogen and oxygen atoms in total. The quantitative estimate of drug-likeness (QED) is 0.138. The number of carboxylic acid groups (broad SMARTS) is 1. The molecule has 8 rings (SSSR count). The minimum atomic E-state index is -1.06. The van der Waals surface area contributed by atoms with Crippen LogP contribution in [0.4, 0.5) is 5.69 Å². The predicted molar refractivity (Wildman–Crippen MR) is 222 cm³/mol. The van der Waals surface area contributed by atoms with Crippen LogP contribution in [0.3, 0.4) is 0 Å². The van der Waals surface area contributed by atoms with Gasteiger partial charge < -0.3 is 23.9 Å². The average molecular weight is 790 g/mol. The Morgan fingerprint density at radius 2 is 1.73 bits per heavy atom. The Morgan fingerprint density at radius 3 is 2.41 bits per heavy atom. The van der Waals surface area contributed by atoms with Crippen molar-refractivity contribution >= 4 is 62.6 Å². The summed E-state index contributed by atoms with van der Waals surface area (Å²) in [5, 5.41) is 18.0. The van der Waals surface area contributed by atoms with Gasteiger partial charge in [0, 0.05) is 58.4 Å². The number of amides is 1. The summed E-state index contributed by atoms with van der Waals surface area (Å²) in [6.45, 7) is 11.1. The maximum absolute atomic E-state index is 15.2. The summed E-state index contributed by atoms with van der Waals surface area (Å²) < 4.78 is 12.0. The van der Waals surface area contributed by atoms with Gasteiger partial charge in [0.25, 0.3) is 5.91 Å². The summed E-state index contributed by atoms with van der Waals surface area (Å²) in [5.74, 6) is -0.465. The third-order valence-corrected chi connectivity index (χ3v) is 12.0. The molecule has 1 amide bonds. The van der Waals surface area contributed by atoms with Crippen molar-refractivity contribution in [3.05, 3.63) is 128 Å². The van der Waals surface area contributed by atoms with Crippen LogP contribution < -0.4 is 9.64 Å². The molecule has 286 valence electrons. The van der Waals surface area contributed by atoms with Gasteiger partial charge in [-0.3, -0.25) is 14.5 Å². The highest BCUT2D eigenvalue weighted by atomic mass is 35.5. The van der Waals surface area contributed by atoms with E-state index in [0.717, 1.165) is 66.6 Å². The highest BCUT2D eigenvalue weighted by Gasteiger charge is 2.37. The molecule has 0 saturated heterocycles. The molecular formula is C44H42Cl2N6O4. The maximum Gasteiger partial charge on any atom is 0.352 e. The Hall–Kier alpha value is -5.58. The zero-order chi connectivity index (χ0) is 39.6. The maximum atomic E-state index is 15.2. The van der Waals surface area contributed by atoms with Crippen LogP contribution in [-0.2, 0) is 20.0 Å². The number of pyridine rings is 1. The van der Waals surface area contributed by atoms with E-state index in [1.807, 2.05) is 100 Å². The number of benzene rings is 3. The number of carbonyl (C=O) groups excluding carboxylic acids is 1. The zero-order valence-corrected chi connectivity index (χ0v) is 33.7. The molecule has 0 bridgehead atoms. The Bertz CT molecular complexity index is 2690. The van der Waals surface area contributed by atoms with E-state index in [4.69, 9.17) is 33.0 Å². The molecule has 0 aliphatic carbocycles. The minimum absolute atomic E-state index is 0.123. The van der Waals surface area contributed by atoms with Crippen LogP contribution in [-0.4, -0.2) is 54.0 Å². The van der Waals surface area contributed by atoms with Crippen molar-refractivity contribution in [3.63, 3.8) is 0 Å². The molecule has 3 aromatic carbocycles. The van der Waals surface area contributed by atoms with Crippen molar-refractivity contribution < 1.29 is 19.4 Å². The lowest BCUT2D eigenvalue weighted by Crippen LogP contribution is -2.42. The van der Waals surface area contributed by atoms with Gasteiger partial charge in [-0.1, -0.05) is 41.4 Å². The van der Waals surface area contributed by atoms with Crippen LogP contribution in [0, 0.1) is 27.7 Å². The smallest absolute Gasteiger partial charge is 0.352 e. The second kappa shape index (κ2) is 14.5. The summed E-state index contributed by atoms with van der Waals surface area (Å²) in [6, 6.07) is 20.6. The summed E-state index contributed by atoms with van der Waals surface area (Å²) in [4.78, 5) is 34.1. The summed E-state index contributed by atoms with van der Waals surface area (Å²) in [5.41, 5.74) is 10.2. The van der Waals surface area contributed by atoms with Crippen molar-refractivity contribution in [2.24, 2.45) is 7.05 Å². The monoisotopic (exact) mass is 788 g/mol. The van der Waals surface area contributed by atoms with Gasteiger partial charge in [-0.25, -0.2) is 4.79 Å². The largest absolute Gasteiger partial charge is 0.494 e. The lowest BCUT2D eigenvalue weighted by Gasteiger charge is -2.34. The Kier molecular flexibility index (Phi) is 9.66. The third kappa shape index (κ3) is 6.21. The molecule has 0 spiro atoms. The number of hydrogen-bond donors (Lipinski definition) is 1. The number of halogens is 2. The topological polar surface area (TPSA) is 107 Å². The van der Waals surface area contributed by atoms with Crippen molar-refractivity contribution in [1.82, 2.24) is 23.9 Å². The van der Waals surface area contributed by atoms with Gasteiger partial charge in [0.2, 0.25) is 0 Å². The molecule has 1 atom stereocenters. The van der Waals surface area contributed by atoms with Gasteiger partial charge >= 0.3 is 5.97 Å². The first-order valence-corrected chi connectivity index (χ1v) is 19.4. The average Bonchev–Trinajstić information content (AvgIpc) is 3.79. The fourth-order valence-electron chi connectivity index (χ4n) is 8.44. The number of aromatic carboxylic acids is 1. The second-order valence-corrected chi connectivity index (χ2v) is 15.5. The Morgan fingerprint density at radius 1 is 0.964 bits per heavy atom. The van der Waals surface area contributed by atoms with E-state index < -0.39 is 5.97 Å². The molecule has 1 N–H and O–H groups in total. The Balaban J connectivity index is 1.26. The SMILES string of the molecule is Cc1cc(OCCCc2c3n(c4c(-c5c(C)nn(C)c5C)c(Cl)ccc24)C(C)CN(c2cccc4c2cc(C(=O)O)n4Cc2ccccn2)C3=O)cc(C)c1Cl. The number of carbonyl (C=O) groups is 2. The van der Waals surface area contributed by atoms with Crippen molar-refractivity contribution in [2.45, 2.75) is 60.0 Å². The van der Waals surface area contributed by atoms with Crippen LogP contribution in [0.25, 0.3) is 32.9 Å². The molecular weight excluding hydrogens is 747 g/mol. The number of aryl methyl sites for hydroxylation is 5. The first-order chi connectivity index (χ1) is 26.8. The van der Waals surface area contributed by atoms with Gasteiger partial charge in [0.1, 0.15) is 17.1 Å². The predicted octanol–water partition coefficient (Wildman–Crippen LogP) is 9.91. The molecule has 5 heterocycles.